The van der Waals surface area contributed by atoms with Crippen molar-refractivity contribution in [1.29, 1.82) is 0 Å². The number of aliphatic hydroxyl groups excluding tert-OH is 1. The molecule has 0 amide bonds. The van der Waals surface area contributed by atoms with Gasteiger partial charge in [0.05, 0.1) is 13.7 Å². The van der Waals surface area contributed by atoms with Crippen molar-refractivity contribution >= 4 is 0 Å². The lowest BCUT2D eigenvalue weighted by Crippen LogP contribution is -2.07. The summed E-state index contributed by atoms with van der Waals surface area (Å²) in [6, 6.07) is 8.75. The second-order valence-corrected chi connectivity index (χ2v) is 4.43. The molecule has 0 saturated carbocycles. The Morgan fingerprint density at radius 3 is 2.75 bits per heavy atom. The number of nitrogens with two attached hydrogens (primary N) is 1. The standard InChI is InChI=1S/C15H18N2O3/c1-10(16)12-4-3-7-17-15(12)20-13-6-5-11(9-18)8-14(13)19-2/h3-8,10,18H,9,16H2,1-2H3/t10-/m1/s1. The monoisotopic (exact) mass is 274 g/mol. The Hall–Kier alpha value is -2.11. The zero-order valence-corrected chi connectivity index (χ0v) is 11.5. The van der Waals surface area contributed by atoms with E-state index in [0.717, 1.165) is 11.1 Å². The first-order valence-electron chi connectivity index (χ1n) is 6.31. The Balaban J connectivity index is 2.35. The molecule has 0 aliphatic heterocycles. The minimum atomic E-state index is -0.179. The third-order valence-electron chi connectivity index (χ3n) is 2.91. The molecule has 3 N–H and O–H groups in total. The fraction of sp³-hybridized carbons (Fsp3) is 0.267. The first-order chi connectivity index (χ1) is 9.65. The van der Waals surface area contributed by atoms with Gasteiger partial charge in [0.25, 0.3) is 0 Å². The van der Waals surface area contributed by atoms with Crippen molar-refractivity contribution in [1.82, 2.24) is 4.98 Å². The quantitative estimate of drug-likeness (QED) is 0.875. The number of aliphatic hydroxyl groups is 1. The van der Waals surface area contributed by atoms with Crippen molar-refractivity contribution in [2.45, 2.75) is 19.6 Å². The number of benzene rings is 1. The molecule has 0 aliphatic carbocycles. The molecule has 1 aromatic heterocycles. The predicted octanol–water partition coefficient (Wildman–Crippen LogP) is 2.39. The fourth-order valence-electron chi connectivity index (χ4n) is 1.83. The van der Waals surface area contributed by atoms with E-state index in [2.05, 4.69) is 4.98 Å². The van der Waals surface area contributed by atoms with Gasteiger partial charge in [-0.1, -0.05) is 12.1 Å². The van der Waals surface area contributed by atoms with Crippen LogP contribution in [-0.4, -0.2) is 17.2 Å². The van der Waals surface area contributed by atoms with E-state index in [4.69, 9.17) is 20.3 Å². The van der Waals surface area contributed by atoms with Crippen LogP contribution in [0.25, 0.3) is 0 Å². The minimum Gasteiger partial charge on any atom is -0.493 e. The fourth-order valence-corrected chi connectivity index (χ4v) is 1.83. The Labute approximate surface area is 118 Å². The lowest BCUT2D eigenvalue weighted by Gasteiger charge is -2.14. The van der Waals surface area contributed by atoms with E-state index in [0.29, 0.717) is 17.4 Å². The van der Waals surface area contributed by atoms with Crippen LogP contribution in [0.3, 0.4) is 0 Å². The van der Waals surface area contributed by atoms with Crippen LogP contribution in [0.5, 0.6) is 17.4 Å². The van der Waals surface area contributed by atoms with E-state index in [1.54, 1.807) is 31.5 Å². The van der Waals surface area contributed by atoms with Crippen LogP contribution in [0.2, 0.25) is 0 Å². The second kappa shape index (κ2) is 6.36. The lowest BCUT2D eigenvalue weighted by atomic mass is 10.1. The van der Waals surface area contributed by atoms with Gasteiger partial charge in [-0.2, -0.15) is 0 Å². The molecule has 0 saturated heterocycles. The molecular formula is C15H18N2O3. The highest BCUT2D eigenvalue weighted by atomic mass is 16.5. The summed E-state index contributed by atoms with van der Waals surface area (Å²) < 4.78 is 11.1. The van der Waals surface area contributed by atoms with Crippen LogP contribution >= 0.6 is 0 Å². The van der Waals surface area contributed by atoms with E-state index < -0.39 is 0 Å². The predicted molar refractivity (Wildman–Crippen MR) is 75.8 cm³/mol. The zero-order valence-electron chi connectivity index (χ0n) is 11.5. The van der Waals surface area contributed by atoms with Crippen LogP contribution in [-0.2, 0) is 6.61 Å². The van der Waals surface area contributed by atoms with Gasteiger partial charge in [-0.15, -0.1) is 0 Å². The Bertz CT molecular complexity index is 585. The number of methoxy groups -OCH3 is 1. The molecule has 0 radical (unpaired) electrons. The van der Waals surface area contributed by atoms with Gasteiger partial charge in [-0.3, -0.25) is 0 Å². The molecule has 0 spiro atoms. The largest absolute Gasteiger partial charge is 0.493 e. The normalized spacial score (nSPS) is 12.0. The van der Waals surface area contributed by atoms with Crippen molar-refractivity contribution in [3.63, 3.8) is 0 Å². The molecule has 2 rings (SSSR count). The van der Waals surface area contributed by atoms with Crippen LogP contribution < -0.4 is 15.2 Å². The maximum Gasteiger partial charge on any atom is 0.224 e. The van der Waals surface area contributed by atoms with Gasteiger partial charge in [0, 0.05) is 17.8 Å². The summed E-state index contributed by atoms with van der Waals surface area (Å²) in [4.78, 5) is 4.21. The van der Waals surface area contributed by atoms with Gasteiger partial charge in [-0.05, 0) is 30.7 Å². The molecule has 1 heterocycles. The summed E-state index contributed by atoms with van der Waals surface area (Å²) in [5.74, 6) is 1.53. The van der Waals surface area contributed by atoms with E-state index in [-0.39, 0.29) is 12.6 Å². The lowest BCUT2D eigenvalue weighted by molar-refractivity contribution is 0.280. The highest BCUT2D eigenvalue weighted by molar-refractivity contribution is 5.45. The summed E-state index contributed by atoms with van der Waals surface area (Å²) >= 11 is 0. The van der Waals surface area contributed by atoms with Gasteiger partial charge >= 0.3 is 0 Å². The summed E-state index contributed by atoms with van der Waals surface area (Å²) in [6.45, 7) is 1.82. The molecule has 0 unspecified atom stereocenters. The highest BCUT2D eigenvalue weighted by Crippen LogP contribution is 2.33. The molecule has 5 heteroatoms. The van der Waals surface area contributed by atoms with Crippen molar-refractivity contribution in [2.24, 2.45) is 5.73 Å². The molecule has 2 aromatic rings. The third-order valence-corrected chi connectivity index (χ3v) is 2.91. The van der Waals surface area contributed by atoms with Gasteiger partial charge < -0.3 is 20.3 Å². The van der Waals surface area contributed by atoms with Crippen molar-refractivity contribution in [3.05, 3.63) is 47.7 Å². The number of hydrogen-bond donors (Lipinski definition) is 2. The number of hydrogen-bond acceptors (Lipinski definition) is 5. The van der Waals surface area contributed by atoms with Gasteiger partial charge in [0.2, 0.25) is 5.88 Å². The van der Waals surface area contributed by atoms with Crippen molar-refractivity contribution < 1.29 is 14.6 Å². The summed E-state index contributed by atoms with van der Waals surface area (Å²) in [5.41, 5.74) is 7.47. The van der Waals surface area contributed by atoms with E-state index in [1.807, 2.05) is 19.1 Å². The van der Waals surface area contributed by atoms with Gasteiger partial charge in [-0.25, -0.2) is 4.98 Å². The van der Waals surface area contributed by atoms with Crippen LogP contribution in [0, 0.1) is 0 Å². The van der Waals surface area contributed by atoms with E-state index in [9.17, 15) is 0 Å². The van der Waals surface area contributed by atoms with Gasteiger partial charge in [0.15, 0.2) is 11.5 Å². The molecular weight excluding hydrogens is 256 g/mol. The molecule has 1 atom stereocenters. The summed E-state index contributed by atoms with van der Waals surface area (Å²) in [7, 11) is 1.55. The van der Waals surface area contributed by atoms with Crippen LogP contribution in [0.1, 0.15) is 24.1 Å². The molecule has 20 heavy (non-hydrogen) atoms. The van der Waals surface area contributed by atoms with E-state index >= 15 is 0 Å². The Morgan fingerprint density at radius 1 is 1.30 bits per heavy atom. The van der Waals surface area contributed by atoms with Crippen LogP contribution in [0.4, 0.5) is 0 Å². The number of nitrogens with zero attached hydrogens (tertiary/aromatic N) is 1. The Kier molecular flexibility index (Phi) is 4.55. The second-order valence-electron chi connectivity index (χ2n) is 4.43. The third kappa shape index (κ3) is 3.07. The average Bonchev–Trinajstić information content (AvgIpc) is 2.48. The number of ether oxygens (including phenoxy) is 2. The van der Waals surface area contributed by atoms with Crippen molar-refractivity contribution in [2.75, 3.05) is 7.11 Å². The molecule has 5 nitrogen and oxygen atoms in total. The Morgan fingerprint density at radius 2 is 2.10 bits per heavy atom. The van der Waals surface area contributed by atoms with Crippen LogP contribution in [0.15, 0.2) is 36.5 Å². The maximum absolute atomic E-state index is 9.13. The summed E-state index contributed by atoms with van der Waals surface area (Å²) in [6.07, 6.45) is 1.65. The first-order valence-corrected chi connectivity index (χ1v) is 6.31. The molecule has 0 bridgehead atoms. The minimum absolute atomic E-state index is 0.0503. The number of aromatic nitrogens is 1. The molecule has 106 valence electrons. The smallest absolute Gasteiger partial charge is 0.224 e. The zero-order chi connectivity index (χ0) is 14.5. The molecule has 1 aromatic carbocycles. The molecule has 0 fully saturated rings. The van der Waals surface area contributed by atoms with Crippen molar-refractivity contribution in [3.8, 4) is 17.4 Å². The average molecular weight is 274 g/mol. The number of rotatable bonds is 5. The SMILES string of the molecule is COc1cc(CO)ccc1Oc1ncccc1[C@@H](C)N. The topological polar surface area (TPSA) is 77.6 Å². The van der Waals surface area contributed by atoms with E-state index in [1.165, 1.54) is 0 Å². The van der Waals surface area contributed by atoms with Gasteiger partial charge in [0.1, 0.15) is 0 Å². The first kappa shape index (κ1) is 14.3. The maximum atomic E-state index is 9.13. The number of pyridine rings is 1. The molecule has 0 aliphatic rings. The highest BCUT2D eigenvalue weighted by Gasteiger charge is 2.13. The summed E-state index contributed by atoms with van der Waals surface area (Å²) in [5, 5.41) is 9.13.